The van der Waals surface area contributed by atoms with E-state index in [1.54, 1.807) is 22.5 Å². The molecular formula is C15H15F3N8OS. The minimum absolute atomic E-state index is 0.0235. The molecular weight excluding hydrogens is 397 g/mol. The summed E-state index contributed by atoms with van der Waals surface area (Å²) in [5.74, 6) is -0.788. The zero-order valence-electron chi connectivity index (χ0n) is 14.4. The number of carbonyl (C=O) groups excluding carboxylic acids is 1. The maximum atomic E-state index is 13.1. The number of nitrogens with one attached hydrogen (secondary N) is 1. The first-order valence-electron chi connectivity index (χ1n) is 8.42. The van der Waals surface area contributed by atoms with Crippen molar-refractivity contribution in [3.8, 4) is 0 Å². The van der Waals surface area contributed by atoms with Crippen LogP contribution in [-0.2, 0) is 6.18 Å². The number of hydrogen-bond acceptors (Lipinski definition) is 7. The molecule has 0 aliphatic carbocycles. The van der Waals surface area contributed by atoms with Crippen molar-refractivity contribution in [1.29, 1.82) is 0 Å². The summed E-state index contributed by atoms with van der Waals surface area (Å²) < 4.78 is 39.9. The number of fused-ring (bicyclic) bond motifs is 1. The zero-order chi connectivity index (χ0) is 19.7. The molecule has 0 radical (unpaired) electrons. The van der Waals surface area contributed by atoms with E-state index in [9.17, 15) is 18.0 Å². The van der Waals surface area contributed by atoms with Gasteiger partial charge in [0.15, 0.2) is 10.8 Å². The minimum Gasteiger partial charge on any atom is -0.353 e. The van der Waals surface area contributed by atoms with Crippen LogP contribution in [0.2, 0.25) is 0 Å². The Balaban J connectivity index is 1.49. The lowest BCUT2D eigenvalue weighted by Gasteiger charge is -2.22. The van der Waals surface area contributed by atoms with Gasteiger partial charge in [-0.1, -0.05) is 0 Å². The van der Waals surface area contributed by atoms with Crippen molar-refractivity contribution in [3.63, 3.8) is 0 Å². The molecule has 148 valence electrons. The smallest absolute Gasteiger partial charge is 0.353 e. The molecule has 9 nitrogen and oxygen atoms in total. The van der Waals surface area contributed by atoms with Crippen LogP contribution in [0, 0.1) is 0 Å². The molecule has 1 aliphatic rings. The van der Waals surface area contributed by atoms with Gasteiger partial charge in [0.25, 0.3) is 5.82 Å². The molecule has 0 bridgehead atoms. The summed E-state index contributed by atoms with van der Waals surface area (Å²) in [5, 5.41) is 15.8. The van der Waals surface area contributed by atoms with E-state index in [1.165, 1.54) is 17.4 Å². The largest absolute Gasteiger partial charge is 0.453 e. The molecule has 0 spiro atoms. The third-order valence-electron chi connectivity index (χ3n) is 4.26. The van der Waals surface area contributed by atoms with Gasteiger partial charge in [-0.15, -0.1) is 26.6 Å². The molecule has 4 heterocycles. The molecule has 0 atom stereocenters. The second kappa shape index (κ2) is 7.22. The summed E-state index contributed by atoms with van der Waals surface area (Å²) in [5.41, 5.74) is 0.0235. The van der Waals surface area contributed by atoms with Gasteiger partial charge in [-0.25, -0.2) is 9.78 Å². The Kier molecular flexibility index (Phi) is 4.75. The van der Waals surface area contributed by atoms with E-state index in [0.717, 1.165) is 0 Å². The van der Waals surface area contributed by atoms with Crippen molar-refractivity contribution in [3.05, 3.63) is 29.5 Å². The quantitative estimate of drug-likeness (QED) is 0.695. The molecule has 1 aliphatic heterocycles. The lowest BCUT2D eigenvalue weighted by Crippen LogP contribution is -2.38. The van der Waals surface area contributed by atoms with Crippen LogP contribution < -0.4 is 10.2 Å². The topological polar surface area (TPSA) is 91.5 Å². The molecule has 1 N–H and O–H groups in total. The van der Waals surface area contributed by atoms with Gasteiger partial charge < -0.3 is 9.80 Å². The highest BCUT2D eigenvalue weighted by molar-refractivity contribution is 7.13. The van der Waals surface area contributed by atoms with E-state index < -0.39 is 12.0 Å². The summed E-state index contributed by atoms with van der Waals surface area (Å²) in [6, 6.07) is 2.80. The summed E-state index contributed by atoms with van der Waals surface area (Å²) in [6.07, 6.45) is -2.39. The Morgan fingerprint density at radius 3 is 2.75 bits per heavy atom. The van der Waals surface area contributed by atoms with Gasteiger partial charge in [0.2, 0.25) is 0 Å². The number of anilines is 2. The Morgan fingerprint density at radius 1 is 1.14 bits per heavy atom. The highest BCUT2D eigenvalue weighted by Crippen LogP contribution is 2.28. The number of halogens is 3. The summed E-state index contributed by atoms with van der Waals surface area (Å²) in [4.78, 5) is 19.9. The lowest BCUT2D eigenvalue weighted by molar-refractivity contribution is -0.146. The number of rotatable bonds is 2. The first-order chi connectivity index (χ1) is 13.4. The number of hydrogen-bond donors (Lipinski definition) is 1. The van der Waals surface area contributed by atoms with E-state index in [-0.39, 0.29) is 11.7 Å². The molecule has 28 heavy (non-hydrogen) atoms. The first kappa shape index (κ1) is 18.4. The predicted octanol–water partition coefficient (Wildman–Crippen LogP) is 2.34. The maximum Gasteiger partial charge on any atom is 0.453 e. The Morgan fingerprint density at radius 2 is 2.00 bits per heavy atom. The molecule has 4 rings (SSSR count). The summed E-state index contributed by atoms with van der Waals surface area (Å²) in [6.45, 7) is 1.93. The number of alkyl halides is 3. The molecule has 0 aromatic carbocycles. The minimum atomic E-state index is -4.64. The van der Waals surface area contributed by atoms with Crippen LogP contribution in [0.4, 0.5) is 28.9 Å². The van der Waals surface area contributed by atoms with Crippen LogP contribution in [0.5, 0.6) is 0 Å². The van der Waals surface area contributed by atoms with E-state index >= 15 is 0 Å². The first-order valence-corrected chi connectivity index (χ1v) is 9.30. The summed E-state index contributed by atoms with van der Waals surface area (Å²) >= 11 is 1.33. The van der Waals surface area contributed by atoms with E-state index in [1.807, 2.05) is 4.90 Å². The molecule has 2 amide bonds. The number of nitrogens with zero attached hydrogens (tertiary/aromatic N) is 7. The fraction of sp³-hybridized carbons (Fsp3) is 0.400. The van der Waals surface area contributed by atoms with Gasteiger partial charge in [-0.05, 0) is 18.6 Å². The van der Waals surface area contributed by atoms with Gasteiger partial charge in [0.05, 0.1) is 0 Å². The fourth-order valence-electron chi connectivity index (χ4n) is 2.93. The normalized spacial score (nSPS) is 15.7. The number of urea groups is 1. The number of amides is 2. The number of thiazole rings is 1. The standard InChI is InChI=1S/C15H15F3N8OS/c16-15(17,18)12-22-21-10-2-3-11(23-26(10)12)24-5-1-6-25(8-7-24)14(27)20-13-19-4-9-28-13/h2-4,9H,1,5-8H2,(H,19,20,27). The fourth-order valence-corrected chi connectivity index (χ4v) is 3.45. The second-order valence-corrected chi connectivity index (χ2v) is 6.97. The van der Waals surface area contributed by atoms with E-state index in [0.29, 0.717) is 48.1 Å². The van der Waals surface area contributed by atoms with Crippen molar-refractivity contribution >= 4 is 34.0 Å². The lowest BCUT2D eigenvalue weighted by atomic mass is 10.3. The number of aromatic nitrogens is 5. The van der Waals surface area contributed by atoms with E-state index in [2.05, 4.69) is 25.6 Å². The van der Waals surface area contributed by atoms with Gasteiger partial charge in [-0.2, -0.15) is 17.7 Å². The van der Waals surface area contributed by atoms with Gasteiger partial charge >= 0.3 is 12.2 Å². The van der Waals surface area contributed by atoms with Crippen LogP contribution in [0.15, 0.2) is 23.7 Å². The second-order valence-electron chi connectivity index (χ2n) is 6.08. The molecule has 3 aromatic heterocycles. The van der Waals surface area contributed by atoms with Gasteiger partial charge in [-0.3, -0.25) is 5.32 Å². The molecule has 1 fully saturated rings. The molecule has 1 saturated heterocycles. The monoisotopic (exact) mass is 412 g/mol. The van der Waals surface area contributed by atoms with Crippen LogP contribution >= 0.6 is 11.3 Å². The average Bonchev–Trinajstić information content (AvgIpc) is 3.24. The van der Waals surface area contributed by atoms with Crippen molar-refractivity contribution in [2.24, 2.45) is 0 Å². The Bertz CT molecular complexity index is 973. The van der Waals surface area contributed by atoms with Crippen LogP contribution in [-0.4, -0.2) is 61.9 Å². The van der Waals surface area contributed by atoms with Crippen molar-refractivity contribution < 1.29 is 18.0 Å². The van der Waals surface area contributed by atoms with E-state index in [4.69, 9.17) is 0 Å². The predicted molar refractivity (Wildman–Crippen MR) is 95.3 cm³/mol. The zero-order valence-corrected chi connectivity index (χ0v) is 15.2. The highest BCUT2D eigenvalue weighted by Gasteiger charge is 2.37. The van der Waals surface area contributed by atoms with Crippen LogP contribution in [0.25, 0.3) is 5.65 Å². The Hall–Kier alpha value is -2.96. The van der Waals surface area contributed by atoms with Gasteiger partial charge in [0, 0.05) is 37.8 Å². The molecule has 0 saturated carbocycles. The highest BCUT2D eigenvalue weighted by atomic mass is 32.1. The molecule has 13 heteroatoms. The van der Waals surface area contributed by atoms with Crippen LogP contribution in [0.1, 0.15) is 12.2 Å². The molecule has 0 unspecified atom stereocenters. The van der Waals surface area contributed by atoms with Gasteiger partial charge in [0.1, 0.15) is 5.82 Å². The van der Waals surface area contributed by atoms with Crippen molar-refractivity contribution in [1.82, 2.24) is 29.7 Å². The average molecular weight is 412 g/mol. The number of carbonyl (C=O) groups is 1. The maximum absolute atomic E-state index is 13.1. The third-order valence-corrected chi connectivity index (χ3v) is 4.94. The molecule has 3 aromatic rings. The van der Waals surface area contributed by atoms with Crippen molar-refractivity contribution in [2.45, 2.75) is 12.6 Å². The Labute approximate surface area is 160 Å². The van der Waals surface area contributed by atoms with Crippen molar-refractivity contribution in [2.75, 3.05) is 36.4 Å². The SMILES string of the molecule is O=C(Nc1nccs1)N1CCCN(c2ccc3nnc(C(F)(F)F)n3n2)CC1. The van der Waals surface area contributed by atoms with Crippen LogP contribution in [0.3, 0.4) is 0 Å². The third kappa shape index (κ3) is 3.69. The summed E-state index contributed by atoms with van der Waals surface area (Å²) in [7, 11) is 0.